The lowest BCUT2D eigenvalue weighted by Gasteiger charge is -2.46. The van der Waals surface area contributed by atoms with Crippen LogP contribution in [0.4, 0.5) is 16.4 Å². The molecule has 6 aromatic rings. The van der Waals surface area contributed by atoms with Gasteiger partial charge in [-0.05, 0) is 71.1 Å². The zero-order chi connectivity index (χ0) is 52.4. The van der Waals surface area contributed by atoms with E-state index in [1.54, 1.807) is 60.6 Å². The second-order valence-corrected chi connectivity index (χ2v) is 18.8. The average molecular weight is 1010 g/mol. The first-order valence-corrected chi connectivity index (χ1v) is 24.6. The summed E-state index contributed by atoms with van der Waals surface area (Å²) < 4.78 is 16.4. The van der Waals surface area contributed by atoms with Crippen molar-refractivity contribution in [3.63, 3.8) is 0 Å². The third-order valence-corrected chi connectivity index (χ3v) is 14.7. The number of amides is 4. The summed E-state index contributed by atoms with van der Waals surface area (Å²) in [7, 11) is 2.31. The van der Waals surface area contributed by atoms with Crippen molar-refractivity contribution in [2.24, 2.45) is 11.8 Å². The number of aromatic hydroxyl groups is 1. The summed E-state index contributed by atoms with van der Waals surface area (Å²) in [5.74, 6) is -0.277. The van der Waals surface area contributed by atoms with Gasteiger partial charge in [0, 0.05) is 50.6 Å². The second kappa shape index (κ2) is 20.9. The van der Waals surface area contributed by atoms with Gasteiger partial charge in [-0.3, -0.25) is 28.9 Å². The van der Waals surface area contributed by atoms with Gasteiger partial charge >= 0.3 is 23.9 Å². The van der Waals surface area contributed by atoms with Gasteiger partial charge in [0.2, 0.25) is 17.8 Å². The van der Waals surface area contributed by atoms with Crippen LogP contribution < -0.4 is 15.1 Å². The highest BCUT2D eigenvalue weighted by atomic mass is 16.6. The van der Waals surface area contributed by atoms with Gasteiger partial charge in [0.1, 0.15) is 23.3 Å². The van der Waals surface area contributed by atoms with Crippen molar-refractivity contribution in [2.45, 2.75) is 49.0 Å². The number of nitrogens with one attached hydrogen (secondary N) is 1. The molecule has 380 valence electrons. The molecule has 5 heterocycles. The van der Waals surface area contributed by atoms with Gasteiger partial charge in [0.05, 0.1) is 44.0 Å². The van der Waals surface area contributed by atoms with E-state index in [9.17, 15) is 14.7 Å². The van der Waals surface area contributed by atoms with E-state index in [1.165, 1.54) is 12.1 Å². The predicted molar refractivity (Wildman–Crippen MR) is 273 cm³/mol. The Morgan fingerprint density at radius 3 is 2.00 bits per heavy atom. The molecule has 3 saturated heterocycles. The molecular weight excluding hydrogens is 955 g/mol. The number of benzene rings is 5. The molecule has 1 aromatic heterocycles. The van der Waals surface area contributed by atoms with Crippen LogP contribution in [0.25, 0.3) is 0 Å². The number of carbonyl (C=O) groups is 6. The summed E-state index contributed by atoms with van der Waals surface area (Å²) >= 11 is 0. The quantitative estimate of drug-likeness (QED) is 0.0664. The first-order chi connectivity index (χ1) is 36.5. The number of hydrogen-bond acceptors (Lipinski definition) is 14. The van der Waals surface area contributed by atoms with Crippen LogP contribution in [0.5, 0.6) is 5.75 Å². The molecule has 17 heteroatoms. The van der Waals surface area contributed by atoms with E-state index in [0.717, 1.165) is 30.2 Å². The fourth-order valence-electron chi connectivity index (χ4n) is 11.3. The lowest BCUT2D eigenvalue weighted by molar-refractivity contribution is -0.179. The Bertz CT molecular complexity index is 3170. The fraction of sp³-hybridized carbons (Fsp3) is 0.276. The number of piperazine rings is 1. The molecule has 10 rings (SSSR count). The number of urea groups is 1. The summed E-state index contributed by atoms with van der Waals surface area (Å²) in [6.07, 6.45) is 2.03. The highest BCUT2D eigenvalue weighted by Gasteiger charge is 2.76. The first-order valence-electron chi connectivity index (χ1n) is 24.6. The molecule has 0 bridgehead atoms. The van der Waals surface area contributed by atoms with Crippen LogP contribution in [0.15, 0.2) is 152 Å². The normalized spacial score (nSPS) is 22.3. The van der Waals surface area contributed by atoms with Crippen molar-refractivity contribution in [1.29, 1.82) is 0 Å². The first kappa shape index (κ1) is 49.7. The maximum Gasteiger partial charge on any atom is 0.329 e. The van der Waals surface area contributed by atoms with Crippen LogP contribution in [-0.2, 0) is 43.6 Å². The summed E-state index contributed by atoms with van der Waals surface area (Å²) in [4.78, 5) is 105. The maximum absolute atomic E-state index is 16.8. The summed E-state index contributed by atoms with van der Waals surface area (Å²) in [5, 5.41) is 13.9. The number of carbonyl (C=O) groups excluding carboxylic acids is 6. The predicted octanol–water partition coefficient (Wildman–Crippen LogP) is 6.37. The number of morpholine rings is 1. The van der Waals surface area contributed by atoms with Gasteiger partial charge in [-0.2, -0.15) is 0 Å². The number of anilines is 2. The SMILES string of the molecule is COC(=O)C(CC#Cc1ccc2c(c1)[C@]1(C(=O)N2C(=O)N[C@H](C)c2ccccc2)[C@H](c2ccc(O)cc2)N2[C@H](c3ccccc3)[C@H](c3ccccc3)OC(=O)[C@H]2[C@@H]1C(=O)N1CCN(c2ncccn2)CC1)C(=O)OC. The van der Waals surface area contributed by atoms with Gasteiger partial charge in [0.15, 0.2) is 5.92 Å². The van der Waals surface area contributed by atoms with E-state index in [1.807, 2.05) is 101 Å². The lowest BCUT2D eigenvalue weighted by atomic mass is 9.64. The molecule has 4 aliphatic heterocycles. The molecule has 2 N–H and O–H groups in total. The van der Waals surface area contributed by atoms with Crippen molar-refractivity contribution in [3.8, 4) is 17.6 Å². The molecule has 4 amide bonds. The Morgan fingerprint density at radius 1 is 0.760 bits per heavy atom. The number of imide groups is 1. The topological polar surface area (TPSA) is 201 Å². The summed E-state index contributed by atoms with van der Waals surface area (Å²) in [5.41, 5.74) is 1.15. The number of phenols is 1. The zero-order valence-electron chi connectivity index (χ0n) is 41.3. The molecule has 0 saturated carbocycles. The number of ether oxygens (including phenoxy) is 3. The Hall–Kier alpha value is -8.88. The number of nitrogens with zero attached hydrogens (tertiary/aromatic N) is 6. The number of rotatable bonds is 10. The van der Waals surface area contributed by atoms with Crippen LogP contribution in [0.2, 0.25) is 0 Å². The van der Waals surface area contributed by atoms with Crippen LogP contribution in [0, 0.1) is 23.7 Å². The number of esters is 3. The molecule has 0 unspecified atom stereocenters. The zero-order valence-corrected chi connectivity index (χ0v) is 41.3. The molecule has 75 heavy (non-hydrogen) atoms. The Kier molecular flexibility index (Phi) is 13.9. The molecule has 0 radical (unpaired) electrons. The number of phenolic OH excluding ortho intramolecular Hbond substituents is 1. The number of fused-ring (bicyclic) bond motifs is 3. The standard InChI is InChI=1S/C58H53N7O10/c1-36(38-16-7-4-8-17-38)61-57(72)64-45-28-23-37(15-13-22-43(52(68)73-2)53(69)74-3)35-44(45)58(55(64)71)46(51(67)62-31-33-63(34-32-62)56-59-29-14-30-60-56)48-54(70)75-49(40-20-11-6-12-21-40)47(39-18-9-5-10-19-39)65(48)50(58)41-24-26-42(66)27-25-41/h4-12,14,16-21,23-30,35-36,43,46-50,66H,22,31-34H2,1-3H3,(H,61,72)/t36-,46-,47-,48-,49+,50+,58-/m1/s1. The van der Waals surface area contributed by atoms with Crippen LogP contribution in [0.1, 0.15) is 71.0 Å². The Balaban J connectivity index is 1.22. The lowest BCUT2D eigenvalue weighted by Crippen LogP contribution is -2.59. The van der Waals surface area contributed by atoms with Crippen LogP contribution >= 0.6 is 0 Å². The molecule has 7 atom stereocenters. The van der Waals surface area contributed by atoms with E-state index in [2.05, 4.69) is 27.1 Å². The van der Waals surface area contributed by atoms with Crippen molar-refractivity contribution in [3.05, 3.63) is 185 Å². The van der Waals surface area contributed by atoms with E-state index in [4.69, 9.17) is 14.2 Å². The van der Waals surface area contributed by atoms with Crippen LogP contribution in [0.3, 0.4) is 0 Å². The molecule has 1 spiro atoms. The molecule has 3 fully saturated rings. The number of methoxy groups -OCH3 is 2. The second-order valence-electron chi connectivity index (χ2n) is 18.8. The number of aromatic nitrogens is 2. The number of hydrogen-bond donors (Lipinski definition) is 2. The smallest absolute Gasteiger partial charge is 0.329 e. The Morgan fingerprint density at radius 2 is 1.37 bits per heavy atom. The molecule has 17 nitrogen and oxygen atoms in total. The molecule has 4 aliphatic rings. The van der Waals surface area contributed by atoms with Gasteiger partial charge in [-0.25, -0.2) is 19.7 Å². The van der Waals surface area contributed by atoms with Gasteiger partial charge < -0.3 is 34.4 Å². The van der Waals surface area contributed by atoms with E-state index in [0.29, 0.717) is 35.7 Å². The van der Waals surface area contributed by atoms with Crippen molar-refractivity contribution in [2.75, 3.05) is 50.2 Å². The Labute approximate surface area is 433 Å². The average Bonchev–Trinajstić information content (AvgIpc) is 4.05. The van der Waals surface area contributed by atoms with Crippen molar-refractivity contribution >= 4 is 47.4 Å². The van der Waals surface area contributed by atoms with E-state index in [-0.39, 0.29) is 36.5 Å². The molecule has 0 aliphatic carbocycles. The minimum absolute atomic E-state index is 0.0705. The largest absolute Gasteiger partial charge is 0.508 e. The molecular formula is C58H53N7O10. The third kappa shape index (κ3) is 8.96. The minimum atomic E-state index is -2.11. The van der Waals surface area contributed by atoms with Crippen molar-refractivity contribution in [1.82, 2.24) is 25.1 Å². The van der Waals surface area contributed by atoms with Crippen molar-refractivity contribution < 1.29 is 48.1 Å². The number of cyclic esters (lactones) is 1. The highest BCUT2D eigenvalue weighted by Crippen LogP contribution is 2.66. The van der Waals surface area contributed by atoms with E-state index < -0.39 is 83.3 Å². The highest BCUT2D eigenvalue weighted by molar-refractivity contribution is 6.24. The fourth-order valence-corrected chi connectivity index (χ4v) is 11.3. The van der Waals surface area contributed by atoms with Gasteiger partial charge in [0.25, 0.3) is 0 Å². The summed E-state index contributed by atoms with van der Waals surface area (Å²) in [6, 6.07) is 35.9. The monoisotopic (exact) mass is 1010 g/mol. The minimum Gasteiger partial charge on any atom is -0.508 e. The third-order valence-electron chi connectivity index (χ3n) is 14.7. The van der Waals surface area contributed by atoms with E-state index >= 15 is 19.2 Å². The van der Waals surface area contributed by atoms with Crippen LogP contribution in [-0.4, -0.2) is 107 Å². The summed E-state index contributed by atoms with van der Waals surface area (Å²) in [6.45, 7) is 2.78. The van der Waals surface area contributed by atoms with Gasteiger partial charge in [-0.15, -0.1) is 0 Å². The maximum atomic E-state index is 16.8. The van der Waals surface area contributed by atoms with Gasteiger partial charge in [-0.1, -0.05) is 115 Å². The molecule has 5 aromatic carbocycles.